The van der Waals surface area contributed by atoms with Gasteiger partial charge in [0.25, 0.3) is 0 Å². The minimum atomic E-state index is -0.620. The second-order valence-electron chi connectivity index (χ2n) is 5.85. The summed E-state index contributed by atoms with van der Waals surface area (Å²) in [6, 6.07) is 0.491. The van der Waals surface area contributed by atoms with Crippen LogP contribution in [0, 0.1) is 11.3 Å². The standard InChI is InChI=1S/C12H25NO2/c1-9-4-10(6-12(2,3)5-9)13-7-11(15)8-14/h9-11,13-15H,4-8H2,1-3H3. The van der Waals surface area contributed by atoms with Crippen LogP contribution in [-0.2, 0) is 0 Å². The molecule has 1 aliphatic rings. The SMILES string of the molecule is CC1CC(NCC(O)CO)CC(C)(C)C1. The Kier molecular flexibility index (Phi) is 4.56. The minimum absolute atomic E-state index is 0.154. The molecular weight excluding hydrogens is 190 g/mol. The van der Waals surface area contributed by atoms with E-state index in [9.17, 15) is 5.11 Å². The molecule has 3 heteroatoms. The van der Waals surface area contributed by atoms with Crippen LogP contribution in [0.3, 0.4) is 0 Å². The number of aliphatic hydroxyl groups is 2. The zero-order valence-electron chi connectivity index (χ0n) is 10.2. The van der Waals surface area contributed by atoms with E-state index < -0.39 is 6.10 Å². The van der Waals surface area contributed by atoms with E-state index in [1.807, 2.05) is 0 Å². The summed E-state index contributed by atoms with van der Waals surface area (Å²) in [5.41, 5.74) is 0.402. The highest BCUT2D eigenvalue weighted by atomic mass is 16.3. The highest BCUT2D eigenvalue weighted by Gasteiger charge is 2.31. The molecule has 0 spiro atoms. The summed E-state index contributed by atoms with van der Waals surface area (Å²) in [5, 5.41) is 21.3. The summed E-state index contributed by atoms with van der Waals surface area (Å²) in [5.74, 6) is 0.748. The maximum Gasteiger partial charge on any atom is 0.0895 e. The van der Waals surface area contributed by atoms with E-state index in [2.05, 4.69) is 26.1 Å². The highest BCUT2D eigenvalue weighted by molar-refractivity contribution is 4.86. The van der Waals surface area contributed by atoms with E-state index in [1.165, 1.54) is 12.8 Å². The molecule has 0 radical (unpaired) electrons. The Balaban J connectivity index is 2.35. The average molecular weight is 215 g/mol. The van der Waals surface area contributed by atoms with Gasteiger partial charge in [-0.3, -0.25) is 0 Å². The molecular formula is C12H25NO2. The van der Waals surface area contributed by atoms with Crippen molar-refractivity contribution >= 4 is 0 Å². The fraction of sp³-hybridized carbons (Fsp3) is 1.00. The third-order valence-electron chi connectivity index (χ3n) is 3.24. The van der Waals surface area contributed by atoms with E-state index in [0.29, 0.717) is 18.0 Å². The van der Waals surface area contributed by atoms with E-state index in [-0.39, 0.29) is 6.61 Å². The van der Waals surface area contributed by atoms with E-state index in [1.54, 1.807) is 0 Å². The quantitative estimate of drug-likeness (QED) is 0.659. The molecule has 0 aliphatic heterocycles. The number of aliphatic hydroxyl groups excluding tert-OH is 2. The maximum absolute atomic E-state index is 9.27. The summed E-state index contributed by atoms with van der Waals surface area (Å²) >= 11 is 0. The molecule has 1 fully saturated rings. The summed E-state index contributed by atoms with van der Waals surface area (Å²) in [4.78, 5) is 0. The van der Waals surface area contributed by atoms with Crippen molar-refractivity contribution in [3.05, 3.63) is 0 Å². The van der Waals surface area contributed by atoms with Crippen LogP contribution in [0.5, 0.6) is 0 Å². The van der Waals surface area contributed by atoms with Crippen molar-refractivity contribution in [1.29, 1.82) is 0 Å². The highest BCUT2D eigenvalue weighted by Crippen LogP contribution is 2.38. The van der Waals surface area contributed by atoms with Crippen molar-refractivity contribution in [2.45, 2.75) is 52.2 Å². The van der Waals surface area contributed by atoms with Crippen molar-refractivity contribution in [2.24, 2.45) is 11.3 Å². The lowest BCUT2D eigenvalue weighted by molar-refractivity contribution is 0.0816. The molecule has 15 heavy (non-hydrogen) atoms. The molecule has 3 unspecified atom stereocenters. The molecule has 0 aromatic carbocycles. The van der Waals surface area contributed by atoms with Crippen LogP contribution in [0.15, 0.2) is 0 Å². The van der Waals surface area contributed by atoms with Gasteiger partial charge < -0.3 is 15.5 Å². The van der Waals surface area contributed by atoms with Crippen LogP contribution in [0.25, 0.3) is 0 Å². The molecule has 0 heterocycles. The first-order valence-corrected chi connectivity index (χ1v) is 5.95. The Morgan fingerprint density at radius 1 is 1.40 bits per heavy atom. The van der Waals surface area contributed by atoms with Crippen LogP contribution >= 0.6 is 0 Å². The third-order valence-corrected chi connectivity index (χ3v) is 3.24. The van der Waals surface area contributed by atoms with E-state index in [0.717, 1.165) is 12.3 Å². The first-order valence-electron chi connectivity index (χ1n) is 5.95. The van der Waals surface area contributed by atoms with Gasteiger partial charge in [-0.25, -0.2) is 0 Å². The Labute approximate surface area is 92.9 Å². The molecule has 3 N–H and O–H groups in total. The van der Waals surface area contributed by atoms with Crippen molar-refractivity contribution < 1.29 is 10.2 Å². The molecule has 0 amide bonds. The lowest BCUT2D eigenvalue weighted by Crippen LogP contribution is -2.43. The predicted octanol–water partition coefficient (Wildman–Crippen LogP) is 1.14. The number of hydrogen-bond acceptors (Lipinski definition) is 3. The van der Waals surface area contributed by atoms with E-state index >= 15 is 0 Å². The van der Waals surface area contributed by atoms with Gasteiger partial charge in [0.05, 0.1) is 12.7 Å². The summed E-state index contributed by atoms with van der Waals surface area (Å²) in [7, 11) is 0. The van der Waals surface area contributed by atoms with Gasteiger partial charge in [-0.05, 0) is 30.6 Å². The number of rotatable bonds is 4. The van der Waals surface area contributed by atoms with Crippen LogP contribution in [0.4, 0.5) is 0 Å². The van der Waals surface area contributed by atoms with Gasteiger partial charge in [-0.2, -0.15) is 0 Å². The Morgan fingerprint density at radius 3 is 2.60 bits per heavy atom. The van der Waals surface area contributed by atoms with Crippen LogP contribution in [-0.4, -0.2) is 35.5 Å². The van der Waals surface area contributed by atoms with Crippen LogP contribution < -0.4 is 5.32 Å². The lowest BCUT2D eigenvalue weighted by Gasteiger charge is -2.39. The van der Waals surface area contributed by atoms with Crippen LogP contribution in [0.1, 0.15) is 40.0 Å². The average Bonchev–Trinajstić information content (AvgIpc) is 2.11. The molecule has 1 saturated carbocycles. The normalized spacial score (nSPS) is 32.6. The Hall–Kier alpha value is -0.120. The second-order valence-corrected chi connectivity index (χ2v) is 5.85. The molecule has 1 rings (SSSR count). The fourth-order valence-electron chi connectivity index (χ4n) is 2.87. The van der Waals surface area contributed by atoms with Gasteiger partial charge in [-0.15, -0.1) is 0 Å². The Bertz CT molecular complexity index is 194. The van der Waals surface area contributed by atoms with Gasteiger partial charge in [0.2, 0.25) is 0 Å². The summed E-state index contributed by atoms with van der Waals surface area (Å²) in [6.45, 7) is 7.25. The van der Waals surface area contributed by atoms with E-state index in [4.69, 9.17) is 5.11 Å². The molecule has 3 atom stereocenters. The van der Waals surface area contributed by atoms with Crippen molar-refractivity contribution in [2.75, 3.05) is 13.2 Å². The smallest absolute Gasteiger partial charge is 0.0895 e. The van der Waals surface area contributed by atoms with Gasteiger partial charge in [-0.1, -0.05) is 20.8 Å². The molecule has 0 aromatic heterocycles. The second kappa shape index (κ2) is 5.28. The zero-order chi connectivity index (χ0) is 11.5. The molecule has 90 valence electrons. The fourth-order valence-corrected chi connectivity index (χ4v) is 2.87. The molecule has 0 aromatic rings. The van der Waals surface area contributed by atoms with Crippen molar-refractivity contribution in [1.82, 2.24) is 5.32 Å². The predicted molar refractivity (Wildman–Crippen MR) is 61.7 cm³/mol. The molecule has 0 bridgehead atoms. The van der Waals surface area contributed by atoms with Gasteiger partial charge in [0.15, 0.2) is 0 Å². The lowest BCUT2D eigenvalue weighted by atomic mass is 9.70. The zero-order valence-corrected chi connectivity index (χ0v) is 10.2. The maximum atomic E-state index is 9.27. The van der Waals surface area contributed by atoms with Crippen LogP contribution in [0.2, 0.25) is 0 Å². The van der Waals surface area contributed by atoms with Gasteiger partial charge in [0.1, 0.15) is 0 Å². The van der Waals surface area contributed by atoms with Crippen molar-refractivity contribution in [3.8, 4) is 0 Å². The summed E-state index contributed by atoms with van der Waals surface area (Å²) < 4.78 is 0. The third kappa shape index (κ3) is 4.49. The van der Waals surface area contributed by atoms with Gasteiger partial charge in [0, 0.05) is 12.6 Å². The van der Waals surface area contributed by atoms with Crippen molar-refractivity contribution in [3.63, 3.8) is 0 Å². The Morgan fingerprint density at radius 2 is 2.07 bits per heavy atom. The molecule has 1 aliphatic carbocycles. The number of nitrogens with one attached hydrogen (secondary N) is 1. The first-order chi connectivity index (χ1) is 6.93. The van der Waals surface area contributed by atoms with Gasteiger partial charge >= 0.3 is 0 Å². The summed E-state index contributed by atoms with van der Waals surface area (Å²) in [6.07, 6.45) is 3.01. The molecule has 0 saturated heterocycles. The first kappa shape index (κ1) is 12.9. The number of hydrogen-bond donors (Lipinski definition) is 3. The molecule has 3 nitrogen and oxygen atoms in total. The largest absolute Gasteiger partial charge is 0.394 e. The monoisotopic (exact) mass is 215 g/mol. The minimum Gasteiger partial charge on any atom is -0.394 e. The topological polar surface area (TPSA) is 52.5 Å².